The molecule has 3 rings (SSSR count). The predicted molar refractivity (Wildman–Crippen MR) is 79.5 cm³/mol. The lowest BCUT2D eigenvalue weighted by Crippen LogP contribution is -2.23. The number of benzene rings is 2. The zero-order valence-corrected chi connectivity index (χ0v) is 11.9. The lowest BCUT2D eigenvalue weighted by atomic mass is 10.1. The van der Waals surface area contributed by atoms with Crippen molar-refractivity contribution in [3.05, 3.63) is 77.5 Å². The molecule has 0 aliphatic heterocycles. The van der Waals surface area contributed by atoms with Crippen LogP contribution in [0.1, 0.15) is 16.1 Å². The first-order chi connectivity index (χ1) is 11.1. The van der Waals surface area contributed by atoms with Crippen LogP contribution in [0.5, 0.6) is 0 Å². The van der Waals surface area contributed by atoms with Crippen LogP contribution >= 0.6 is 0 Å². The predicted octanol–water partition coefficient (Wildman–Crippen LogP) is 3.55. The maximum absolute atomic E-state index is 13.5. The molecule has 116 valence electrons. The van der Waals surface area contributed by atoms with Crippen LogP contribution in [0.25, 0.3) is 11.3 Å². The van der Waals surface area contributed by atoms with Gasteiger partial charge in [0.2, 0.25) is 0 Å². The Hall–Kier alpha value is -3.02. The molecule has 1 N–H and O–H groups in total. The number of halogens is 2. The van der Waals surface area contributed by atoms with Crippen LogP contribution in [-0.4, -0.2) is 11.1 Å². The van der Waals surface area contributed by atoms with Crippen molar-refractivity contribution in [1.82, 2.24) is 10.5 Å². The summed E-state index contributed by atoms with van der Waals surface area (Å²) in [6.45, 7) is 0.0951. The van der Waals surface area contributed by atoms with Gasteiger partial charge in [0.05, 0.1) is 12.1 Å². The molecule has 23 heavy (non-hydrogen) atoms. The van der Waals surface area contributed by atoms with Crippen molar-refractivity contribution in [1.29, 1.82) is 0 Å². The zero-order valence-electron chi connectivity index (χ0n) is 11.9. The van der Waals surface area contributed by atoms with Crippen LogP contribution in [0.2, 0.25) is 0 Å². The van der Waals surface area contributed by atoms with Gasteiger partial charge in [0.25, 0.3) is 5.91 Å². The van der Waals surface area contributed by atoms with Crippen molar-refractivity contribution in [3.63, 3.8) is 0 Å². The first kappa shape index (κ1) is 14.9. The van der Waals surface area contributed by atoms with Crippen molar-refractivity contribution in [2.75, 3.05) is 0 Å². The Morgan fingerprint density at radius 2 is 1.83 bits per heavy atom. The molecule has 0 unspecified atom stereocenters. The molecule has 1 aromatic heterocycles. The fraction of sp³-hybridized carbons (Fsp3) is 0.0588. The first-order valence-electron chi connectivity index (χ1n) is 6.88. The second-order valence-corrected chi connectivity index (χ2v) is 4.85. The lowest BCUT2D eigenvalue weighted by molar-refractivity contribution is 0.0946. The van der Waals surface area contributed by atoms with Crippen LogP contribution in [0, 0.1) is 11.6 Å². The summed E-state index contributed by atoms with van der Waals surface area (Å²) in [6, 6.07) is 13.1. The maximum Gasteiger partial charge on any atom is 0.254 e. The van der Waals surface area contributed by atoms with E-state index in [0.29, 0.717) is 17.0 Å². The van der Waals surface area contributed by atoms with E-state index in [0.717, 1.165) is 0 Å². The topological polar surface area (TPSA) is 55.1 Å². The molecule has 0 bridgehead atoms. The average molecular weight is 314 g/mol. The number of aromatic nitrogens is 1. The number of hydrogen-bond acceptors (Lipinski definition) is 3. The third-order valence-corrected chi connectivity index (χ3v) is 3.24. The molecule has 6 heteroatoms. The molecule has 3 aromatic rings. The van der Waals surface area contributed by atoms with Crippen LogP contribution in [0.15, 0.2) is 59.1 Å². The summed E-state index contributed by atoms with van der Waals surface area (Å²) in [5.74, 6) is -1.00. The third-order valence-electron chi connectivity index (χ3n) is 3.24. The van der Waals surface area contributed by atoms with Crippen molar-refractivity contribution < 1.29 is 18.1 Å². The molecule has 1 amide bonds. The molecule has 0 aliphatic carbocycles. The SMILES string of the molecule is O=C(NCc1cc(-c2ccc(F)cc2)on1)c1ccccc1F. The molecule has 0 saturated heterocycles. The van der Waals surface area contributed by atoms with Crippen LogP contribution in [0.4, 0.5) is 8.78 Å². The van der Waals surface area contributed by atoms with Crippen LogP contribution in [0.3, 0.4) is 0 Å². The zero-order chi connectivity index (χ0) is 16.2. The summed E-state index contributed by atoms with van der Waals surface area (Å²) in [5, 5.41) is 6.39. The van der Waals surface area contributed by atoms with Gasteiger partial charge in [0, 0.05) is 11.6 Å². The molecular formula is C17H12F2N2O2. The van der Waals surface area contributed by atoms with Crippen molar-refractivity contribution >= 4 is 5.91 Å². The minimum Gasteiger partial charge on any atom is -0.356 e. The summed E-state index contributed by atoms with van der Waals surface area (Å²) in [4.78, 5) is 11.9. The number of carbonyl (C=O) groups excluding carboxylic acids is 1. The number of rotatable bonds is 4. The molecule has 4 nitrogen and oxygen atoms in total. The highest BCUT2D eigenvalue weighted by atomic mass is 19.1. The van der Waals surface area contributed by atoms with Crippen molar-refractivity contribution in [2.24, 2.45) is 0 Å². The Balaban J connectivity index is 1.67. The van der Waals surface area contributed by atoms with E-state index in [2.05, 4.69) is 10.5 Å². The molecule has 2 aromatic carbocycles. The fourth-order valence-electron chi connectivity index (χ4n) is 2.06. The van der Waals surface area contributed by atoms with E-state index in [9.17, 15) is 13.6 Å². The number of carbonyl (C=O) groups is 1. The first-order valence-corrected chi connectivity index (χ1v) is 6.88. The minimum absolute atomic E-state index is 0.0326. The summed E-state index contributed by atoms with van der Waals surface area (Å²) in [7, 11) is 0. The smallest absolute Gasteiger partial charge is 0.254 e. The van der Waals surface area contributed by atoms with Gasteiger partial charge < -0.3 is 9.84 Å². The van der Waals surface area contributed by atoms with E-state index in [1.54, 1.807) is 24.3 Å². The van der Waals surface area contributed by atoms with Crippen LogP contribution < -0.4 is 5.32 Å². The van der Waals surface area contributed by atoms with Gasteiger partial charge in [-0.3, -0.25) is 4.79 Å². The Bertz CT molecular complexity index is 829. The minimum atomic E-state index is -0.586. The molecule has 0 atom stereocenters. The number of amides is 1. The number of hydrogen-bond donors (Lipinski definition) is 1. The Morgan fingerprint density at radius 3 is 2.57 bits per heavy atom. The highest BCUT2D eigenvalue weighted by Crippen LogP contribution is 2.20. The van der Waals surface area contributed by atoms with Gasteiger partial charge in [0.15, 0.2) is 5.76 Å². The lowest BCUT2D eigenvalue weighted by Gasteiger charge is -2.03. The molecule has 0 saturated carbocycles. The van der Waals surface area contributed by atoms with Crippen molar-refractivity contribution in [3.8, 4) is 11.3 Å². The number of nitrogens with zero attached hydrogens (tertiary/aromatic N) is 1. The maximum atomic E-state index is 13.5. The van der Waals surface area contributed by atoms with Gasteiger partial charge >= 0.3 is 0 Å². The fourth-order valence-corrected chi connectivity index (χ4v) is 2.06. The molecule has 0 fully saturated rings. The Morgan fingerprint density at radius 1 is 1.09 bits per heavy atom. The van der Waals surface area contributed by atoms with E-state index in [-0.39, 0.29) is 17.9 Å². The Labute approximate surface area is 130 Å². The van der Waals surface area contributed by atoms with E-state index in [4.69, 9.17) is 4.52 Å². The second-order valence-electron chi connectivity index (χ2n) is 4.85. The van der Waals surface area contributed by atoms with E-state index < -0.39 is 11.7 Å². The van der Waals surface area contributed by atoms with E-state index >= 15 is 0 Å². The number of nitrogens with one attached hydrogen (secondary N) is 1. The van der Waals surface area contributed by atoms with Crippen molar-refractivity contribution in [2.45, 2.75) is 6.54 Å². The third kappa shape index (κ3) is 3.42. The summed E-state index contributed by atoms with van der Waals surface area (Å²) in [5.41, 5.74) is 1.12. The van der Waals surface area contributed by atoms with Crippen LogP contribution in [-0.2, 0) is 6.54 Å². The highest BCUT2D eigenvalue weighted by Gasteiger charge is 2.12. The molecule has 0 aliphatic rings. The molecule has 1 heterocycles. The summed E-state index contributed by atoms with van der Waals surface area (Å²) in [6.07, 6.45) is 0. The van der Waals surface area contributed by atoms with E-state index in [1.165, 1.54) is 30.3 Å². The second kappa shape index (κ2) is 6.39. The highest BCUT2D eigenvalue weighted by molar-refractivity contribution is 5.94. The quantitative estimate of drug-likeness (QED) is 0.801. The normalized spacial score (nSPS) is 10.5. The van der Waals surface area contributed by atoms with Gasteiger partial charge in [-0.15, -0.1) is 0 Å². The standard InChI is InChI=1S/C17H12F2N2O2/c18-12-7-5-11(6-8-12)16-9-13(21-23-16)10-20-17(22)14-3-1-2-4-15(14)19/h1-9H,10H2,(H,20,22). The summed E-state index contributed by atoms with van der Waals surface area (Å²) < 4.78 is 31.5. The van der Waals surface area contributed by atoms with Gasteiger partial charge in [-0.05, 0) is 36.4 Å². The molecule has 0 spiro atoms. The van der Waals surface area contributed by atoms with Gasteiger partial charge in [-0.25, -0.2) is 8.78 Å². The molecular weight excluding hydrogens is 302 g/mol. The van der Waals surface area contributed by atoms with Gasteiger partial charge in [0.1, 0.15) is 17.3 Å². The molecule has 0 radical (unpaired) electrons. The average Bonchev–Trinajstić information content (AvgIpc) is 3.03. The monoisotopic (exact) mass is 314 g/mol. The Kier molecular flexibility index (Phi) is 4.14. The van der Waals surface area contributed by atoms with E-state index in [1.807, 2.05) is 0 Å². The summed E-state index contributed by atoms with van der Waals surface area (Å²) >= 11 is 0. The van der Waals surface area contributed by atoms with Gasteiger partial charge in [-0.1, -0.05) is 17.3 Å². The largest absolute Gasteiger partial charge is 0.356 e. The van der Waals surface area contributed by atoms with Gasteiger partial charge in [-0.2, -0.15) is 0 Å².